The molecule has 1 heterocycles. The molecule has 0 bridgehead atoms. The molecule has 1 aromatic carbocycles. The van der Waals surface area contributed by atoms with Crippen LogP contribution in [0.4, 0.5) is 0 Å². The fourth-order valence-electron chi connectivity index (χ4n) is 3.97. The Labute approximate surface area is 153 Å². The minimum absolute atomic E-state index is 0.0347. The van der Waals surface area contributed by atoms with E-state index in [4.69, 9.17) is 4.84 Å². The SMILES string of the molecule is CCON=C(CC)C1=C(O)C2SCc3cc(C)cc(C)c3C2CC1=O. The molecule has 4 nitrogen and oxygen atoms in total. The third kappa shape index (κ3) is 3.22. The number of oxime groups is 1. The molecule has 2 unspecified atom stereocenters. The largest absolute Gasteiger partial charge is 0.510 e. The smallest absolute Gasteiger partial charge is 0.168 e. The van der Waals surface area contributed by atoms with Crippen LogP contribution in [0, 0.1) is 13.8 Å². The van der Waals surface area contributed by atoms with Crippen LogP contribution in [0.15, 0.2) is 28.6 Å². The van der Waals surface area contributed by atoms with Crippen molar-refractivity contribution in [3.8, 4) is 0 Å². The molecule has 0 amide bonds. The fourth-order valence-corrected chi connectivity index (χ4v) is 5.31. The summed E-state index contributed by atoms with van der Waals surface area (Å²) < 4.78 is 0. The van der Waals surface area contributed by atoms with E-state index in [-0.39, 0.29) is 22.7 Å². The summed E-state index contributed by atoms with van der Waals surface area (Å²) in [5.41, 5.74) is 5.93. The molecule has 0 spiro atoms. The lowest BCUT2D eigenvalue weighted by molar-refractivity contribution is -0.116. The molecule has 1 aliphatic carbocycles. The van der Waals surface area contributed by atoms with Crippen molar-refractivity contribution >= 4 is 23.3 Å². The Morgan fingerprint density at radius 3 is 2.80 bits per heavy atom. The van der Waals surface area contributed by atoms with Gasteiger partial charge in [0.05, 0.1) is 16.5 Å². The zero-order chi connectivity index (χ0) is 18.1. The van der Waals surface area contributed by atoms with Crippen molar-refractivity contribution in [2.24, 2.45) is 5.16 Å². The second-order valence-electron chi connectivity index (χ2n) is 6.69. The van der Waals surface area contributed by atoms with Gasteiger partial charge in [-0.25, -0.2) is 0 Å². The van der Waals surface area contributed by atoms with E-state index in [1.807, 2.05) is 13.8 Å². The van der Waals surface area contributed by atoms with E-state index in [0.717, 1.165) is 5.75 Å². The summed E-state index contributed by atoms with van der Waals surface area (Å²) in [6, 6.07) is 4.38. The number of benzene rings is 1. The van der Waals surface area contributed by atoms with E-state index in [1.54, 1.807) is 11.8 Å². The van der Waals surface area contributed by atoms with Gasteiger partial charge >= 0.3 is 0 Å². The predicted octanol–water partition coefficient (Wildman–Crippen LogP) is 4.59. The zero-order valence-electron chi connectivity index (χ0n) is 15.3. The zero-order valence-corrected chi connectivity index (χ0v) is 16.1. The molecule has 5 heteroatoms. The highest BCUT2D eigenvalue weighted by molar-refractivity contribution is 7.99. The Hall–Kier alpha value is -1.75. The van der Waals surface area contributed by atoms with Crippen LogP contribution in [-0.2, 0) is 15.4 Å². The van der Waals surface area contributed by atoms with Crippen LogP contribution >= 0.6 is 11.8 Å². The summed E-state index contributed by atoms with van der Waals surface area (Å²) >= 11 is 1.72. The number of carbonyl (C=O) groups is 1. The summed E-state index contributed by atoms with van der Waals surface area (Å²) in [5.74, 6) is 1.04. The third-order valence-electron chi connectivity index (χ3n) is 4.91. The van der Waals surface area contributed by atoms with Crippen LogP contribution in [0.2, 0.25) is 0 Å². The number of hydrogen-bond acceptors (Lipinski definition) is 5. The predicted molar refractivity (Wildman–Crippen MR) is 102 cm³/mol. The molecule has 0 aromatic heterocycles. The Morgan fingerprint density at radius 1 is 1.36 bits per heavy atom. The molecule has 0 radical (unpaired) electrons. The number of carbonyl (C=O) groups excluding carboxylic acids is 1. The van der Waals surface area contributed by atoms with Crippen molar-refractivity contribution < 1.29 is 14.7 Å². The van der Waals surface area contributed by atoms with Crippen molar-refractivity contribution in [3.05, 3.63) is 45.7 Å². The summed E-state index contributed by atoms with van der Waals surface area (Å²) in [5, 5.41) is 14.9. The van der Waals surface area contributed by atoms with Crippen molar-refractivity contribution in [3.63, 3.8) is 0 Å². The number of thioether (sulfide) groups is 1. The number of ketones is 1. The van der Waals surface area contributed by atoms with Crippen LogP contribution in [0.5, 0.6) is 0 Å². The van der Waals surface area contributed by atoms with Gasteiger partial charge in [-0.2, -0.15) is 0 Å². The quantitative estimate of drug-likeness (QED) is 0.631. The Balaban J connectivity index is 2.05. The van der Waals surface area contributed by atoms with E-state index in [9.17, 15) is 9.90 Å². The van der Waals surface area contributed by atoms with Gasteiger partial charge in [0.15, 0.2) is 5.78 Å². The van der Waals surface area contributed by atoms with E-state index >= 15 is 0 Å². The van der Waals surface area contributed by atoms with Crippen molar-refractivity contribution in [2.45, 2.75) is 57.5 Å². The topological polar surface area (TPSA) is 58.9 Å². The Kier molecular flexibility index (Phi) is 5.23. The van der Waals surface area contributed by atoms with Crippen LogP contribution in [0.1, 0.15) is 54.9 Å². The number of fused-ring (bicyclic) bond motifs is 3. The third-order valence-corrected chi connectivity index (χ3v) is 6.30. The molecule has 0 saturated carbocycles. The Bertz CT molecular complexity index is 766. The van der Waals surface area contributed by atoms with Gasteiger partial charge in [-0.1, -0.05) is 29.8 Å². The first-order valence-electron chi connectivity index (χ1n) is 8.85. The van der Waals surface area contributed by atoms with Gasteiger partial charge < -0.3 is 9.94 Å². The number of nitrogens with zero attached hydrogens (tertiary/aromatic N) is 1. The highest BCUT2D eigenvalue weighted by Crippen LogP contribution is 2.48. The van der Waals surface area contributed by atoms with Crippen LogP contribution < -0.4 is 0 Å². The molecule has 0 fully saturated rings. The van der Waals surface area contributed by atoms with Gasteiger partial charge in [0.2, 0.25) is 0 Å². The fraction of sp³-hybridized carbons (Fsp3) is 0.500. The van der Waals surface area contributed by atoms with Gasteiger partial charge in [0.25, 0.3) is 0 Å². The first kappa shape index (κ1) is 18.1. The summed E-state index contributed by atoms with van der Waals surface area (Å²) in [6.07, 6.45) is 0.973. The monoisotopic (exact) mass is 359 g/mol. The number of aliphatic hydroxyl groups is 1. The van der Waals surface area contributed by atoms with Gasteiger partial charge in [-0.05, 0) is 43.9 Å². The molecule has 25 heavy (non-hydrogen) atoms. The van der Waals surface area contributed by atoms with E-state index in [0.29, 0.717) is 30.7 Å². The number of hydrogen-bond donors (Lipinski definition) is 1. The van der Waals surface area contributed by atoms with Crippen molar-refractivity contribution in [2.75, 3.05) is 6.61 Å². The lowest BCUT2D eigenvalue weighted by Crippen LogP contribution is -2.35. The highest BCUT2D eigenvalue weighted by atomic mass is 32.2. The lowest BCUT2D eigenvalue weighted by atomic mass is 9.77. The number of allylic oxidation sites excluding steroid dienone is 1. The van der Waals surface area contributed by atoms with Crippen LogP contribution in [-0.4, -0.2) is 28.5 Å². The number of rotatable bonds is 4. The molecule has 2 aliphatic rings. The van der Waals surface area contributed by atoms with E-state index in [1.165, 1.54) is 22.3 Å². The Morgan fingerprint density at radius 2 is 2.12 bits per heavy atom. The minimum Gasteiger partial charge on any atom is -0.510 e. The van der Waals surface area contributed by atoms with Gasteiger partial charge in [-0.15, -0.1) is 11.8 Å². The second-order valence-corrected chi connectivity index (χ2v) is 7.82. The maximum Gasteiger partial charge on any atom is 0.168 e. The van der Waals surface area contributed by atoms with Crippen molar-refractivity contribution in [1.29, 1.82) is 0 Å². The lowest BCUT2D eigenvalue weighted by Gasteiger charge is -2.37. The summed E-state index contributed by atoms with van der Waals surface area (Å²) in [7, 11) is 0. The molecule has 2 atom stereocenters. The average molecular weight is 359 g/mol. The minimum atomic E-state index is -0.0833. The van der Waals surface area contributed by atoms with Crippen molar-refractivity contribution in [1.82, 2.24) is 0 Å². The van der Waals surface area contributed by atoms with Gasteiger partial charge in [-0.3, -0.25) is 4.79 Å². The number of aryl methyl sites for hydroxylation is 2. The van der Waals surface area contributed by atoms with Gasteiger partial charge in [0.1, 0.15) is 12.4 Å². The maximum atomic E-state index is 12.8. The molecule has 0 saturated heterocycles. The molecule has 3 rings (SSSR count). The van der Waals surface area contributed by atoms with Crippen LogP contribution in [0.25, 0.3) is 0 Å². The first-order valence-corrected chi connectivity index (χ1v) is 9.89. The second kappa shape index (κ2) is 7.24. The average Bonchev–Trinajstić information content (AvgIpc) is 2.56. The normalized spacial score (nSPS) is 23.4. The molecule has 1 aliphatic heterocycles. The molecule has 1 N–H and O–H groups in total. The molecule has 134 valence electrons. The van der Waals surface area contributed by atoms with E-state index < -0.39 is 0 Å². The molecular weight excluding hydrogens is 334 g/mol. The molecule has 1 aromatic rings. The van der Waals surface area contributed by atoms with Gasteiger partial charge in [0, 0.05) is 18.1 Å². The maximum absolute atomic E-state index is 12.8. The number of aliphatic hydroxyl groups excluding tert-OH is 1. The molecular formula is C20H25NO3S. The number of Topliss-reactive ketones (excluding diaryl/α,β-unsaturated/α-hetero) is 1. The summed E-state index contributed by atoms with van der Waals surface area (Å²) in [4.78, 5) is 18.0. The standard InChI is InChI=1S/C20H25NO3S/c1-5-15(21-24-6-2)18-16(22)9-14-17-12(4)7-11(3)8-13(17)10-25-20(14)19(18)23/h7-8,14,20,23H,5-6,9-10H2,1-4H3. The van der Waals surface area contributed by atoms with E-state index in [2.05, 4.69) is 31.1 Å². The first-order chi connectivity index (χ1) is 12.0. The summed E-state index contributed by atoms with van der Waals surface area (Å²) in [6.45, 7) is 8.42. The van der Waals surface area contributed by atoms with Crippen LogP contribution in [0.3, 0.4) is 0 Å². The highest BCUT2D eigenvalue weighted by Gasteiger charge is 2.42.